The van der Waals surface area contributed by atoms with Gasteiger partial charge in [0.1, 0.15) is 5.82 Å². The highest BCUT2D eigenvalue weighted by molar-refractivity contribution is 6.21. The van der Waals surface area contributed by atoms with Gasteiger partial charge in [-0.05, 0) is 54.8 Å². The van der Waals surface area contributed by atoms with Crippen LogP contribution < -0.4 is 0 Å². The third kappa shape index (κ3) is 3.67. The molecular weight excluding hydrogens is 442 g/mol. The van der Waals surface area contributed by atoms with Gasteiger partial charge in [-0.25, -0.2) is 0 Å². The fourth-order valence-electron chi connectivity index (χ4n) is 5.03. The Morgan fingerprint density at radius 3 is 2.31 bits per heavy atom. The minimum atomic E-state index is -0.301. The molecule has 174 valence electrons. The van der Waals surface area contributed by atoms with Gasteiger partial charge in [0.25, 0.3) is 17.7 Å². The van der Waals surface area contributed by atoms with Crippen LogP contribution in [0.25, 0.3) is 5.65 Å². The summed E-state index contributed by atoms with van der Waals surface area (Å²) in [5, 5.41) is 8.64. The Morgan fingerprint density at radius 2 is 1.57 bits per heavy atom. The fourth-order valence-corrected chi connectivity index (χ4v) is 5.03. The molecule has 35 heavy (non-hydrogen) atoms. The van der Waals surface area contributed by atoms with Crippen LogP contribution in [0.5, 0.6) is 0 Å². The first-order chi connectivity index (χ1) is 17.1. The quantitative estimate of drug-likeness (QED) is 0.430. The van der Waals surface area contributed by atoms with Crippen molar-refractivity contribution in [3.05, 3.63) is 101 Å². The van der Waals surface area contributed by atoms with E-state index in [4.69, 9.17) is 0 Å². The predicted molar refractivity (Wildman–Crippen MR) is 128 cm³/mol. The van der Waals surface area contributed by atoms with E-state index in [1.807, 2.05) is 39.8 Å². The SMILES string of the molecule is O=C(c1cccc(CN2C(=O)c3ccccc3C2=O)c1)N1CCC(c2nnc3ccccn23)CC1. The summed E-state index contributed by atoms with van der Waals surface area (Å²) in [5.41, 5.74) is 2.98. The Balaban J connectivity index is 1.14. The maximum Gasteiger partial charge on any atom is 0.261 e. The molecule has 0 N–H and O–H groups in total. The van der Waals surface area contributed by atoms with Gasteiger partial charge < -0.3 is 4.90 Å². The number of likely N-dealkylation sites (tertiary alicyclic amines) is 1. The second kappa shape index (κ2) is 8.47. The molecule has 4 heterocycles. The van der Waals surface area contributed by atoms with E-state index in [-0.39, 0.29) is 30.2 Å². The first-order valence-electron chi connectivity index (χ1n) is 11.7. The molecule has 8 heteroatoms. The lowest BCUT2D eigenvalue weighted by molar-refractivity contribution is 0.0642. The molecule has 8 nitrogen and oxygen atoms in total. The number of hydrogen-bond acceptors (Lipinski definition) is 5. The number of carbonyl (C=O) groups excluding carboxylic acids is 3. The fraction of sp³-hybridized carbons (Fsp3) is 0.222. The minimum Gasteiger partial charge on any atom is -0.339 e. The van der Waals surface area contributed by atoms with Crippen molar-refractivity contribution in [1.29, 1.82) is 0 Å². The van der Waals surface area contributed by atoms with Crippen LogP contribution in [-0.2, 0) is 6.54 Å². The number of imide groups is 1. The highest BCUT2D eigenvalue weighted by Crippen LogP contribution is 2.28. The van der Waals surface area contributed by atoms with E-state index in [9.17, 15) is 14.4 Å². The molecule has 6 rings (SSSR count). The van der Waals surface area contributed by atoms with Crippen LogP contribution in [0.2, 0.25) is 0 Å². The Morgan fingerprint density at radius 1 is 0.857 bits per heavy atom. The topological polar surface area (TPSA) is 87.9 Å². The summed E-state index contributed by atoms with van der Waals surface area (Å²) >= 11 is 0. The molecule has 0 bridgehead atoms. The summed E-state index contributed by atoms with van der Waals surface area (Å²) in [6.45, 7) is 1.40. The third-order valence-corrected chi connectivity index (χ3v) is 6.88. The molecule has 0 spiro atoms. The van der Waals surface area contributed by atoms with Crippen LogP contribution in [-0.4, -0.2) is 55.2 Å². The van der Waals surface area contributed by atoms with Crippen molar-refractivity contribution in [2.45, 2.75) is 25.3 Å². The number of amides is 3. The van der Waals surface area contributed by atoms with Crippen LogP contribution in [0, 0.1) is 0 Å². The largest absolute Gasteiger partial charge is 0.339 e. The summed E-state index contributed by atoms with van der Waals surface area (Å²) in [4.78, 5) is 41.8. The summed E-state index contributed by atoms with van der Waals surface area (Å²) in [6, 6.07) is 19.9. The van der Waals surface area contributed by atoms with Crippen molar-refractivity contribution < 1.29 is 14.4 Å². The molecule has 0 aliphatic carbocycles. The number of rotatable bonds is 4. The zero-order chi connectivity index (χ0) is 23.9. The molecule has 3 amide bonds. The summed E-state index contributed by atoms with van der Waals surface area (Å²) in [6.07, 6.45) is 3.61. The van der Waals surface area contributed by atoms with Gasteiger partial charge in [0.05, 0.1) is 17.7 Å². The number of fused-ring (bicyclic) bond motifs is 2. The highest BCUT2D eigenvalue weighted by Gasteiger charge is 2.35. The molecule has 0 atom stereocenters. The number of pyridine rings is 1. The number of nitrogens with zero attached hydrogens (tertiary/aromatic N) is 5. The van der Waals surface area contributed by atoms with Gasteiger partial charge in [-0.15, -0.1) is 10.2 Å². The maximum absolute atomic E-state index is 13.2. The Bertz CT molecular complexity index is 1430. The van der Waals surface area contributed by atoms with E-state index < -0.39 is 0 Å². The van der Waals surface area contributed by atoms with Gasteiger partial charge >= 0.3 is 0 Å². The van der Waals surface area contributed by atoms with Crippen molar-refractivity contribution in [2.75, 3.05) is 13.1 Å². The zero-order valence-electron chi connectivity index (χ0n) is 19.0. The number of piperidine rings is 1. The molecule has 0 radical (unpaired) electrons. The maximum atomic E-state index is 13.2. The van der Waals surface area contributed by atoms with Crippen molar-refractivity contribution >= 4 is 23.4 Å². The predicted octanol–water partition coefficient (Wildman–Crippen LogP) is 3.55. The van der Waals surface area contributed by atoms with E-state index in [1.165, 1.54) is 4.90 Å². The smallest absolute Gasteiger partial charge is 0.261 e. The van der Waals surface area contributed by atoms with Crippen molar-refractivity contribution in [2.24, 2.45) is 0 Å². The van der Waals surface area contributed by atoms with Crippen molar-refractivity contribution in [3.8, 4) is 0 Å². The molecule has 2 aromatic carbocycles. The van der Waals surface area contributed by atoms with Crippen LogP contribution in [0.4, 0.5) is 0 Å². The van der Waals surface area contributed by atoms with Gasteiger partial charge in [0, 0.05) is 30.8 Å². The van der Waals surface area contributed by atoms with E-state index in [0.29, 0.717) is 29.8 Å². The standard InChI is InChI=1S/C27H23N5O3/c33-25(30-14-11-19(12-15-30)24-29-28-23-10-3-4-13-31(23)24)20-7-5-6-18(16-20)17-32-26(34)21-8-1-2-9-22(21)27(32)35/h1-10,13,16,19H,11-12,14-15,17H2. The summed E-state index contributed by atoms with van der Waals surface area (Å²) in [5.74, 6) is 0.543. The van der Waals surface area contributed by atoms with Gasteiger partial charge in [-0.2, -0.15) is 0 Å². The second-order valence-corrected chi connectivity index (χ2v) is 9.00. The minimum absolute atomic E-state index is 0.0428. The number of benzene rings is 2. The van der Waals surface area contributed by atoms with E-state index in [0.717, 1.165) is 29.9 Å². The van der Waals surface area contributed by atoms with Gasteiger partial charge in [0.15, 0.2) is 5.65 Å². The Labute approximate surface area is 201 Å². The summed E-state index contributed by atoms with van der Waals surface area (Å²) in [7, 11) is 0. The lowest BCUT2D eigenvalue weighted by Crippen LogP contribution is -2.38. The monoisotopic (exact) mass is 465 g/mol. The van der Waals surface area contributed by atoms with Gasteiger partial charge in [-0.3, -0.25) is 23.7 Å². The first kappa shape index (κ1) is 21.2. The molecule has 2 aliphatic heterocycles. The molecule has 0 unspecified atom stereocenters. The summed E-state index contributed by atoms with van der Waals surface area (Å²) < 4.78 is 2.02. The molecule has 4 aromatic rings. The lowest BCUT2D eigenvalue weighted by atomic mass is 9.95. The lowest BCUT2D eigenvalue weighted by Gasteiger charge is -2.31. The number of hydrogen-bond donors (Lipinski definition) is 0. The number of aromatic nitrogens is 3. The van der Waals surface area contributed by atoms with Crippen molar-refractivity contribution in [3.63, 3.8) is 0 Å². The van der Waals surface area contributed by atoms with E-state index in [2.05, 4.69) is 10.2 Å². The van der Waals surface area contributed by atoms with Crippen LogP contribution in [0.15, 0.2) is 72.9 Å². The molecule has 2 aliphatic rings. The molecular formula is C27H23N5O3. The van der Waals surface area contributed by atoms with Crippen molar-refractivity contribution in [1.82, 2.24) is 24.4 Å². The normalized spacial score (nSPS) is 16.2. The third-order valence-electron chi connectivity index (χ3n) is 6.88. The number of carbonyl (C=O) groups is 3. The van der Waals surface area contributed by atoms with Crippen LogP contribution in [0.3, 0.4) is 0 Å². The Hall–Kier alpha value is -4.33. The van der Waals surface area contributed by atoms with E-state index in [1.54, 1.807) is 42.5 Å². The molecule has 0 saturated carbocycles. The molecule has 1 saturated heterocycles. The molecule has 1 fully saturated rings. The average Bonchev–Trinajstić information content (AvgIpc) is 3.44. The van der Waals surface area contributed by atoms with Gasteiger partial charge in [-0.1, -0.05) is 30.3 Å². The zero-order valence-corrected chi connectivity index (χ0v) is 19.0. The van der Waals surface area contributed by atoms with E-state index >= 15 is 0 Å². The van der Waals surface area contributed by atoms with Crippen LogP contribution in [0.1, 0.15) is 61.2 Å². The average molecular weight is 466 g/mol. The molecule has 2 aromatic heterocycles. The van der Waals surface area contributed by atoms with Gasteiger partial charge in [0.2, 0.25) is 0 Å². The Kier molecular flexibility index (Phi) is 5.13. The highest BCUT2D eigenvalue weighted by atomic mass is 16.2. The van der Waals surface area contributed by atoms with Crippen LogP contribution >= 0.6 is 0 Å². The second-order valence-electron chi connectivity index (χ2n) is 9.00. The first-order valence-corrected chi connectivity index (χ1v) is 11.7.